The average molecular weight is 403 g/mol. The fourth-order valence-corrected chi connectivity index (χ4v) is 5.38. The molecule has 7 rings (SSSR count). The van der Waals surface area contributed by atoms with Crippen molar-refractivity contribution in [3.05, 3.63) is 82.1 Å². The third-order valence-electron chi connectivity index (χ3n) is 6.85. The van der Waals surface area contributed by atoms with E-state index in [2.05, 4.69) is 71.7 Å². The van der Waals surface area contributed by atoms with Gasteiger partial charge in [0.25, 0.3) is 0 Å². The van der Waals surface area contributed by atoms with Crippen molar-refractivity contribution in [2.75, 3.05) is 0 Å². The molecule has 8 bridgehead atoms. The van der Waals surface area contributed by atoms with Gasteiger partial charge in [0.1, 0.15) is 0 Å². The van der Waals surface area contributed by atoms with E-state index in [4.69, 9.17) is 15.0 Å². The van der Waals surface area contributed by atoms with E-state index in [1.165, 1.54) is 27.6 Å². The number of aliphatic imine (C=N–C) groups is 3. The minimum Gasteiger partial charge on any atom is -0.354 e. The highest BCUT2D eigenvalue weighted by Gasteiger charge is 2.33. The molecule has 2 aromatic carbocycles. The molecule has 4 aliphatic heterocycles. The number of nitrogens with zero attached hydrogens (tertiary/aromatic N) is 3. The van der Waals surface area contributed by atoms with E-state index in [0.717, 1.165) is 53.5 Å². The summed E-state index contributed by atoms with van der Waals surface area (Å²) in [5.41, 5.74) is 7.05. The minimum atomic E-state index is 0.0957. The van der Waals surface area contributed by atoms with Crippen LogP contribution < -0.4 is 10.7 Å². The lowest BCUT2D eigenvalue weighted by molar-refractivity contribution is 0.558. The maximum atomic E-state index is 5.21. The predicted octanol–water partition coefficient (Wildman–Crippen LogP) is 4.01. The van der Waals surface area contributed by atoms with Crippen molar-refractivity contribution in [3.8, 4) is 0 Å². The molecule has 1 N–H and O–H groups in total. The van der Waals surface area contributed by atoms with E-state index in [0.29, 0.717) is 0 Å². The molecule has 3 aromatic rings. The van der Waals surface area contributed by atoms with Gasteiger partial charge in [-0.1, -0.05) is 48.5 Å². The van der Waals surface area contributed by atoms with E-state index >= 15 is 0 Å². The highest BCUT2D eigenvalue weighted by atomic mass is 15.0. The molecule has 0 saturated heterocycles. The van der Waals surface area contributed by atoms with Crippen LogP contribution in [0.15, 0.2) is 75.3 Å². The molecule has 4 aliphatic rings. The number of rotatable bonds is 0. The standard InChI is InChI=1S/C27H22N4/c1-2-6-20-19(5-1)24-14-18-10-9-16(28-18)13-17-11-12-23(29-17)27-22-8-4-3-7-21(22)26(31-27)15-25(20)30-24/h1-8,13-15,23,27,30H,9-12H2/b16-13-,24-14-,25-15-. The van der Waals surface area contributed by atoms with Crippen molar-refractivity contribution in [1.29, 1.82) is 0 Å². The first-order valence-corrected chi connectivity index (χ1v) is 11.1. The lowest BCUT2D eigenvalue weighted by Crippen LogP contribution is -2.13. The Labute approximate surface area is 180 Å². The van der Waals surface area contributed by atoms with Crippen molar-refractivity contribution in [1.82, 2.24) is 4.98 Å². The zero-order valence-electron chi connectivity index (χ0n) is 17.2. The summed E-state index contributed by atoms with van der Waals surface area (Å²) in [6.07, 6.45) is 10.7. The average Bonchev–Trinajstić information content (AvgIpc) is 3.56. The lowest BCUT2D eigenvalue weighted by Gasteiger charge is -2.14. The van der Waals surface area contributed by atoms with Gasteiger partial charge in [0.05, 0.1) is 17.8 Å². The molecule has 0 radical (unpaired) electrons. The fourth-order valence-electron chi connectivity index (χ4n) is 5.38. The van der Waals surface area contributed by atoms with Gasteiger partial charge in [-0.3, -0.25) is 15.0 Å². The smallest absolute Gasteiger partial charge is 0.0986 e. The van der Waals surface area contributed by atoms with Crippen molar-refractivity contribution in [2.24, 2.45) is 15.0 Å². The van der Waals surface area contributed by atoms with Crippen LogP contribution in [-0.4, -0.2) is 28.2 Å². The topological polar surface area (TPSA) is 52.9 Å². The normalized spacial score (nSPS) is 27.5. The summed E-state index contributed by atoms with van der Waals surface area (Å²) in [4.78, 5) is 18.9. The molecule has 0 spiro atoms. The Morgan fingerprint density at radius 2 is 1.55 bits per heavy atom. The Bertz CT molecular complexity index is 1500. The molecule has 2 atom stereocenters. The third kappa shape index (κ3) is 2.71. The van der Waals surface area contributed by atoms with Gasteiger partial charge in [-0.25, -0.2) is 0 Å². The summed E-state index contributed by atoms with van der Waals surface area (Å²) < 4.78 is 0. The molecule has 0 saturated carbocycles. The SMILES string of the molecule is C1=C2/CCC(=N2)/C=c2\[nH]/c(c3ccccc23)=C\C2=NC(c3ccccc32)C2CCC/1=N2. The second kappa shape index (κ2) is 6.48. The molecular formula is C27H22N4. The first-order chi connectivity index (χ1) is 15.3. The van der Waals surface area contributed by atoms with Gasteiger partial charge in [-0.2, -0.15) is 0 Å². The zero-order valence-corrected chi connectivity index (χ0v) is 17.2. The maximum absolute atomic E-state index is 5.21. The van der Waals surface area contributed by atoms with Crippen LogP contribution in [0.3, 0.4) is 0 Å². The van der Waals surface area contributed by atoms with Gasteiger partial charge >= 0.3 is 0 Å². The van der Waals surface area contributed by atoms with Crippen LogP contribution in [0.4, 0.5) is 0 Å². The van der Waals surface area contributed by atoms with Crippen LogP contribution in [-0.2, 0) is 0 Å². The van der Waals surface area contributed by atoms with Gasteiger partial charge in [-0.15, -0.1) is 0 Å². The number of hydrogen-bond acceptors (Lipinski definition) is 3. The van der Waals surface area contributed by atoms with E-state index in [9.17, 15) is 0 Å². The number of hydrogen-bond donors (Lipinski definition) is 1. The molecule has 150 valence electrons. The second-order valence-electron chi connectivity index (χ2n) is 8.80. The molecule has 2 unspecified atom stereocenters. The van der Waals surface area contributed by atoms with Gasteiger partial charge in [-0.05, 0) is 49.5 Å². The zero-order chi connectivity index (χ0) is 20.4. The number of H-pyrrole nitrogens is 1. The molecule has 4 heteroatoms. The largest absolute Gasteiger partial charge is 0.354 e. The summed E-state index contributed by atoms with van der Waals surface area (Å²) in [6, 6.07) is 17.5. The fraction of sp³-hybridized carbons (Fsp3) is 0.222. The highest BCUT2D eigenvalue weighted by molar-refractivity contribution is 6.23. The molecule has 5 heterocycles. The molecule has 0 amide bonds. The van der Waals surface area contributed by atoms with Crippen molar-refractivity contribution < 1.29 is 0 Å². The summed E-state index contributed by atoms with van der Waals surface area (Å²) in [7, 11) is 0. The number of allylic oxidation sites excluding steroid dienone is 2. The minimum absolute atomic E-state index is 0.0957. The summed E-state index contributed by atoms with van der Waals surface area (Å²) in [5, 5.41) is 4.68. The second-order valence-corrected chi connectivity index (χ2v) is 8.80. The Balaban J connectivity index is 1.54. The van der Waals surface area contributed by atoms with Crippen LogP contribution >= 0.6 is 0 Å². The predicted molar refractivity (Wildman–Crippen MR) is 127 cm³/mol. The van der Waals surface area contributed by atoms with Crippen molar-refractivity contribution in [2.45, 2.75) is 37.8 Å². The van der Waals surface area contributed by atoms with Crippen LogP contribution in [0.2, 0.25) is 0 Å². The molecule has 0 fully saturated rings. The highest BCUT2D eigenvalue weighted by Crippen LogP contribution is 2.38. The number of benzene rings is 2. The monoisotopic (exact) mass is 402 g/mol. The first-order valence-electron chi connectivity index (χ1n) is 11.1. The van der Waals surface area contributed by atoms with E-state index in [1.807, 2.05) is 0 Å². The summed E-state index contributed by atoms with van der Waals surface area (Å²) in [6.45, 7) is 0. The van der Waals surface area contributed by atoms with Crippen molar-refractivity contribution >= 4 is 40.1 Å². The van der Waals surface area contributed by atoms with Gasteiger partial charge in [0.2, 0.25) is 0 Å². The van der Waals surface area contributed by atoms with E-state index in [-0.39, 0.29) is 12.1 Å². The Morgan fingerprint density at radius 1 is 0.742 bits per heavy atom. The van der Waals surface area contributed by atoms with E-state index < -0.39 is 0 Å². The number of aromatic nitrogens is 1. The Kier molecular flexibility index (Phi) is 3.59. The molecular weight excluding hydrogens is 380 g/mol. The van der Waals surface area contributed by atoms with Crippen LogP contribution in [0, 0.1) is 0 Å². The van der Waals surface area contributed by atoms with Gasteiger partial charge in [0, 0.05) is 44.2 Å². The first kappa shape index (κ1) is 17.2. The molecule has 31 heavy (non-hydrogen) atoms. The number of aromatic amines is 1. The lowest BCUT2D eigenvalue weighted by atomic mass is 9.95. The Morgan fingerprint density at radius 3 is 2.45 bits per heavy atom. The van der Waals surface area contributed by atoms with Crippen molar-refractivity contribution in [3.63, 3.8) is 0 Å². The summed E-state index contributed by atoms with van der Waals surface area (Å²) in [5.74, 6) is 0. The van der Waals surface area contributed by atoms with Crippen LogP contribution in [0.25, 0.3) is 22.9 Å². The third-order valence-corrected chi connectivity index (χ3v) is 6.85. The van der Waals surface area contributed by atoms with Crippen LogP contribution in [0.1, 0.15) is 42.9 Å². The molecule has 1 aromatic heterocycles. The van der Waals surface area contributed by atoms with Gasteiger partial charge in [0.15, 0.2) is 0 Å². The Hall–Kier alpha value is -3.53. The quantitative estimate of drug-likeness (QED) is 0.591. The van der Waals surface area contributed by atoms with E-state index in [1.54, 1.807) is 0 Å². The molecule has 0 aliphatic carbocycles. The van der Waals surface area contributed by atoms with Crippen LogP contribution in [0.5, 0.6) is 0 Å². The van der Waals surface area contributed by atoms with Gasteiger partial charge < -0.3 is 4.98 Å². The summed E-state index contributed by atoms with van der Waals surface area (Å²) >= 11 is 0. The number of nitrogens with one attached hydrogen (secondary N) is 1. The maximum Gasteiger partial charge on any atom is 0.0986 e. The number of fused-ring (bicyclic) bond motifs is 12. The molecule has 4 nitrogen and oxygen atoms in total.